The molecule has 3 heterocycles. The Morgan fingerprint density at radius 1 is 1.30 bits per heavy atom. The van der Waals surface area contributed by atoms with Crippen LogP contribution in [0, 0.1) is 6.92 Å². The van der Waals surface area contributed by atoms with Gasteiger partial charge in [0.2, 0.25) is 0 Å². The lowest BCUT2D eigenvalue weighted by atomic mass is 10.1. The molecule has 2 atom stereocenters. The molecule has 2 N–H and O–H groups in total. The Bertz CT molecular complexity index is 680. The first-order valence-corrected chi connectivity index (χ1v) is 8.25. The fraction of sp³-hybridized carbons (Fsp3) is 0.267. The number of nitrogens with two attached hydrogens (primary N) is 1. The molecule has 20 heavy (non-hydrogen) atoms. The van der Waals surface area contributed by atoms with Crippen LogP contribution < -0.4 is 5.73 Å². The van der Waals surface area contributed by atoms with Crippen LogP contribution in [0.1, 0.15) is 22.7 Å². The van der Waals surface area contributed by atoms with Gasteiger partial charge in [-0.3, -0.25) is 0 Å². The molecular formula is C15H17N3S2. The van der Waals surface area contributed by atoms with E-state index >= 15 is 0 Å². The summed E-state index contributed by atoms with van der Waals surface area (Å²) >= 11 is 3.51. The molecule has 3 rings (SSSR count). The Morgan fingerprint density at radius 2 is 2.15 bits per heavy atom. The van der Waals surface area contributed by atoms with Gasteiger partial charge < -0.3 is 10.3 Å². The van der Waals surface area contributed by atoms with Gasteiger partial charge in [-0.05, 0) is 37.4 Å². The lowest BCUT2D eigenvalue weighted by molar-refractivity contribution is 0.508. The fourth-order valence-electron chi connectivity index (χ4n) is 2.40. The number of imidazole rings is 1. The summed E-state index contributed by atoms with van der Waals surface area (Å²) in [5.41, 5.74) is 6.25. The third kappa shape index (κ3) is 2.44. The highest BCUT2D eigenvalue weighted by Crippen LogP contribution is 2.32. The largest absolute Gasteiger partial charge is 0.326 e. The second kappa shape index (κ2) is 5.52. The summed E-state index contributed by atoms with van der Waals surface area (Å²) in [5, 5.41) is 2.07. The summed E-state index contributed by atoms with van der Waals surface area (Å²) in [6.45, 7) is 4.18. The fourth-order valence-corrected chi connectivity index (χ4v) is 4.21. The Labute approximate surface area is 126 Å². The molecule has 0 saturated heterocycles. The number of aromatic nitrogens is 2. The van der Waals surface area contributed by atoms with Crippen molar-refractivity contribution in [1.82, 2.24) is 9.55 Å². The van der Waals surface area contributed by atoms with Gasteiger partial charge in [0.15, 0.2) is 5.82 Å². The van der Waals surface area contributed by atoms with E-state index in [4.69, 9.17) is 5.73 Å². The van der Waals surface area contributed by atoms with Crippen LogP contribution in [0.5, 0.6) is 0 Å². The lowest BCUT2D eigenvalue weighted by Crippen LogP contribution is -2.29. The quantitative estimate of drug-likeness (QED) is 0.794. The lowest BCUT2D eigenvalue weighted by Gasteiger charge is -2.23. The van der Waals surface area contributed by atoms with Gasteiger partial charge in [0.25, 0.3) is 0 Å². The molecule has 2 unspecified atom stereocenters. The molecule has 104 valence electrons. The molecule has 0 aliphatic carbocycles. The van der Waals surface area contributed by atoms with E-state index in [-0.39, 0.29) is 12.1 Å². The van der Waals surface area contributed by atoms with E-state index in [1.165, 1.54) is 14.6 Å². The van der Waals surface area contributed by atoms with Crippen LogP contribution in [0.3, 0.4) is 0 Å². The first-order valence-electron chi connectivity index (χ1n) is 6.55. The van der Waals surface area contributed by atoms with Crippen LogP contribution >= 0.6 is 22.7 Å². The SMILES string of the molecule is Cc1ccc(C(C(C)N)n2ccnc2-c2cccs2)s1. The third-order valence-electron chi connectivity index (χ3n) is 3.26. The van der Waals surface area contributed by atoms with Gasteiger partial charge in [0.05, 0.1) is 10.9 Å². The molecule has 0 aromatic carbocycles. The molecule has 0 fully saturated rings. The molecule has 0 saturated carbocycles. The number of hydrogen-bond acceptors (Lipinski definition) is 4. The van der Waals surface area contributed by atoms with Crippen LogP contribution in [-0.2, 0) is 0 Å². The van der Waals surface area contributed by atoms with Crippen molar-refractivity contribution < 1.29 is 0 Å². The van der Waals surface area contributed by atoms with E-state index in [2.05, 4.69) is 53.0 Å². The normalized spacial score (nSPS) is 14.3. The predicted molar refractivity (Wildman–Crippen MR) is 86.4 cm³/mol. The van der Waals surface area contributed by atoms with Gasteiger partial charge >= 0.3 is 0 Å². The van der Waals surface area contributed by atoms with Gasteiger partial charge in [-0.1, -0.05) is 6.07 Å². The number of rotatable bonds is 4. The van der Waals surface area contributed by atoms with Crippen molar-refractivity contribution in [3.63, 3.8) is 0 Å². The summed E-state index contributed by atoms with van der Waals surface area (Å²) in [6, 6.07) is 8.63. The van der Waals surface area contributed by atoms with E-state index in [1.54, 1.807) is 22.7 Å². The van der Waals surface area contributed by atoms with Crippen LogP contribution in [0.15, 0.2) is 42.0 Å². The van der Waals surface area contributed by atoms with Crippen molar-refractivity contribution in [3.05, 3.63) is 51.8 Å². The summed E-state index contributed by atoms with van der Waals surface area (Å²) < 4.78 is 2.20. The summed E-state index contributed by atoms with van der Waals surface area (Å²) in [7, 11) is 0. The maximum absolute atomic E-state index is 6.25. The van der Waals surface area contributed by atoms with E-state index < -0.39 is 0 Å². The van der Waals surface area contributed by atoms with E-state index in [0.717, 1.165) is 5.82 Å². The van der Waals surface area contributed by atoms with Crippen molar-refractivity contribution in [2.45, 2.75) is 25.9 Å². The molecule has 0 spiro atoms. The smallest absolute Gasteiger partial charge is 0.150 e. The second-order valence-corrected chi connectivity index (χ2v) is 7.15. The van der Waals surface area contributed by atoms with Gasteiger partial charge in [0.1, 0.15) is 0 Å². The number of aryl methyl sites for hydroxylation is 1. The average Bonchev–Trinajstić information content (AvgIpc) is 3.10. The minimum absolute atomic E-state index is 0.0287. The molecule has 0 aliphatic heterocycles. The molecule has 0 amide bonds. The topological polar surface area (TPSA) is 43.8 Å². The Hall–Kier alpha value is -1.43. The molecule has 3 aromatic rings. The standard InChI is InChI=1S/C15H17N3S2/c1-10-5-6-12(20-10)14(11(2)16)18-8-7-17-15(18)13-4-3-9-19-13/h3-9,11,14H,16H2,1-2H3. The maximum atomic E-state index is 6.25. The highest BCUT2D eigenvalue weighted by Gasteiger charge is 2.23. The Kier molecular flexibility index (Phi) is 3.74. The molecule has 3 aromatic heterocycles. The highest BCUT2D eigenvalue weighted by atomic mass is 32.1. The van der Waals surface area contributed by atoms with Crippen LogP contribution in [0.4, 0.5) is 0 Å². The number of hydrogen-bond donors (Lipinski definition) is 1. The highest BCUT2D eigenvalue weighted by molar-refractivity contribution is 7.13. The first kappa shape index (κ1) is 13.5. The van der Waals surface area contributed by atoms with Gasteiger partial charge in [0, 0.05) is 28.2 Å². The van der Waals surface area contributed by atoms with Crippen molar-refractivity contribution in [3.8, 4) is 10.7 Å². The summed E-state index contributed by atoms with van der Waals surface area (Å²) in [6.07, 6.45) is 3.88. The minimum Gasteiger partial charge on any atom is -0.326 e. The van der Waals surface area contributed by atoms with Crippen LogP contribution in [0.2, 0.25) is 0 Å². The summed E-state index contributed by atoms with van der Waals surface area (Å²) in [4.78, 5) is 8.29. The average molecular weight is 303 g/mol. The predicted octanol–water partition coefficient (Wildman–Crippen LogP) is 3.92. The molecule has 5 heteroatoms. The third-order valence-corrected chi connectivity index (χ3v) is 5.20. The molecular weight excluding hydrogens is 286 g/mol. The molecule has 0 bridgehead atoms. The zero-order valence-corrected chi connectivity index (χ0v) is 13.1. The van der Waals surface area contributed by atoms with Crippen LogP contribution in [-0.4, -0.2) is 15.6 Å². The minimum atomic E-state index is 0.0287. The van der Waals surface area contributed by atoms with Gasteiger partial charge in [-0.2, -0.15) is 0 Å². The van der Waals surface area contributed by atoms with E-state index in [0.29, 0.717) is 0 Å². The number of nitrogens with zero attached hydrogens (tertiary/aromatic N) is 2. The Morgan fingerprint density at radius 3 is 2.75 bits per heavy atom. The summed E-state index contributed by atoms with van der Waals surface area (Å²) in [5.74, 6) is 0.994. The second-order valence-electron chi connectivity index (χ2n) is 4.89. The number of thiophene rings is 2. The Balaban J connectivity index is 2.07. The van der Waals surface area contributed by atoms with E-state index in [9.17, 15) is 0 Å². The van der Waals surface area contributed by atoms with Gasteiger partial charge in [-0.25, -0.2) is 4.98 Å². The maximum Gasteiger partial charge on any atom is 0.150 e. The molecule has 0 radical (unpaired) electrons. The van der Waals surface area contributed by atoms with E-state index in [1.807, 2.05) is 12.4 Å². The molecule has 3 nitrogen and oxygen atoms in total. The van der Waals surface area contributed by atoms with Crippen molar-refractivity contribution in [1.29, 1.82) is 0 Å². The monoisotopic (exact) mass is 303 g/mol. The van der Waals surface area contributed by atoms with Gasteiger partial charge in [-0.15, -0.1) is 22.7 Å². The van der Waals surface area contributed by atoms with Crippen molar-refractivity contribution in [2.75, 3.05) is 0 Å². The zero-order valence-electron chi connectivity index (χ0n) is 11.5. The molecule has 0 aliphatic rings. The zero-order chi connectivity index (χ0) is 14.1. The van der Waals surface area contributed by atoms with Crippen molar-refractivity contribution >= 4 is 22.7 Å². The van der Waals surface area contributed by atoms with Crippen molar-refractivity contribution in [2.24, 2.45) is 5.73 Å². The van der Waals surface area contributed by atoms with Crippen LogP contribution in [0.25, 0.3) is 10.7 Å². The first-order chi connectivity index (χ1) is 9.66.